The highest BCUT2D eigenvalue weighted by Gasteiger charge is 2.29. The van der Waals surface area contributed by atoms with Gasteiger partial charge in [-0.3, -0.25) is 0 Å². The molecule has 4 heteroatoms. The van der Waals surface area contributed by atoms with Crippen LogP contribution in [0.2, 0.25) is 0 Å². The molecule has 4 rings (SSSR count). The molecule has 0 bridgehead atoms. The van der Waals surface area contributed by atoms with Crippen molar-refractivity contribution in [2.24, 2.45) is 5.73 Å². The molecule has 2 N–H and O–H groups in total. The molecule has 1 saturated carbocycles. The average Bonchev–Trinajstić information content (AvgIpc) is 3.41. The van der Waals surface area contributed by atoms with Gasteiger partial charge in [-0.05, 0) is 38.2 Å². The zero-order valence-corrected chi connectivity index (χ0v) is 13.7. The van der Waals surface area contributed by atoms with E-state index in [1.165, 1.54) is 24.0 Å². The van der Waals surface area contributed by atoms with E-state index in [1.54, 1.807) is 0 Å². The van der Waals surface area contributed by atoms with E-state index < -0.39 is 0 Å². The van der Waals surface area contributed by atoms with Crippen molar-refractivity contribution in [3.63, 3.8) is 0 Å². The number of piperidine rings is 1. The van der Waals surface area contributed by atoms with Crippen molar-refractivity contribution >= 4 is 5.69 Å². The van der Waals surface area contributed by atoms with Crippen molar-refractivity contribution < 1.29 is 0 Å². The number of anilines is 1. The SMILES string of the molecule is Cc1ccccc1-c1nc(C2CC2)ncc1N1CCC(N)CC1. The number of hydrogen-bond donors (Lipinski definition) is 1. The van der Waals surface area contributed by atoms with Crippen LogP contribution in [0, 0.1) is 6.92 Å². The van der Waals surface area contributed by atoms with Gasteiger partial charge in [0.2, 0.25) is 0 Å². The predicted molar refractivity (Wildman–Crippen MR) is 93.6 cm³/mol. The number of rotatable bonds is 3. The van der Waals surface area contributed by atoms with E-state index in [4.69, 9.17) is 10.7 Å². The lowest BCUT2D eigenvalue weighted by atomic mass is 10.0. The van der Waals surface area contributed by atoms with E-state index in [0.717, 1.165) is 43.1 Å². The molecule has 120 valence electrons. The molecule has 2 aromatic rings. The number of aromatic nitrogens is 2. The average molecular weight is 308 g/mol. The second-order valence-corrected chi connectivity index (χ2v) is 6.88. The van der Waals surface area contributed by atoms with Crippen molar-refractivity contribution in [1.29, 1.82) is 0 Å². The van der Waals surface area contributed by atoms with Gasteiger partial charge in [0.1, 0.15) is 5.82 Å². The first-order valence-electron chi connectivity index (χ1n) is 8.66. The number of benzene rings is 1. The van der Waals surface area contributed by atoms with Crippen LogP contribution in [-0.2, 0) is 0 Å². The maximum Gasteiger partial charge on any atom is 0.132 e. The van der Waals surface area contributed by atoms with Gasteiger partial charge >= 0.3 is 0 Å². The molecule has 4 nitrogen and oxygen atoms in total. The summed E-state index contributed by atoms with van der Waals surface area (Å²) in [5.74, 6) is 1.59. The maximum absolute atomic E-state index is 6.06. The summed E-state index contributed by atoms with van der Waals surface area (Å²) in [6, 6.07) is 8.84. The molecule has 0 radical (unpaired) electrons. The fourth-order valence-corrected chi connectivity index (χ4v) is 3.34. The molecule has 0 spiro atoms. The maximum atomic E-state index is 6.06. The summed E-state index contributed by atoms with van der Waals surface area (Å²) >= 11 is 0. The second kappa shape index (κ2) is 5.93. The van der Waals surface area contributed by atoms with Crippen molar-refractivity contribution in [3.05, 3.63) is 41.9 Å². The van der Waals surface area contributed by atoms with Gasteiger partial charge in [0.25, 0.3) is 0 Å². The van der Waals surface area contributed by atoms with Crippen molar-refractivity contribution in [3.8, 4) is 11.3 Å². The molecule has 0 unspecified atom stereocenters. The van der Waals surface area contributed by atoms with E-state index in [2.05, 4.69) is 41.1 Å². The fraction of sp³-hybridized carbons (Fsp3) is 0.474. The third-order valence-corrected chi connectivity index (χ3v) is 5.01. The summed E-state index contributed by atoms with van der Waals surface area (Å²) in [5.41, 5.74) is 10.8. The minimum Gasteiger partial charge on any atom is -0.368 e. The Kier molecular flexibility index (Phi) is 3.77. The summed E-state index contributed by atoms with van der Waals surface area (Å²) < 4.78 is 0. The monoisotopic (exact) mass is 308 g/mol. The van der Waals surface area contributed by atoms with Gasteiger partial charge in [0.15, 0.2) is 0 Å². The Labute approximate surface area is 137 Å². The summed E-state index contributed by atoms with van der Waals surface area (Å²) in [6.45, 7) is 4.14. The van der Waals surface area contributed by atoms with Crippen LogP contribution in [0.15, 0.2) is 30.5 Å². The van der Waals surface area contributed by atoms with E-state index in [0.29, 0.717) is 12.0 Å². The molecule has 2 fully saturated rings. The van der Waals surface area contributed by atoms with Crippen molar-refractivity contribution in [2.45, 2.75) is 44.6 Å². The van der Waals surface area contributed by atoms with Gasteiger partial charge in [0.05, 0.1) is 17.6 Å². The van der Waals surface area contributed by atoms with Gasteiger partial charge < -0.3 is 10.6 Å². The van der Waals surface area contributed by atoms with Crippen LogP contribution in [-0.4, -0.2) is 29.1 Å². The molecule has 1 saturated heterocycles. The smallest absolute Gasteiger partial charge is 0.132 e. The van der Waals surface area contributed by atoms with Crippen molar-refractivity contribution in [2.75, 3.05) is 18.0 Å². The quantitative estimate of drug-likeness (QED) is 0.945. The Morgan fingerprint density at radius 3 is 2.52 bits per heavy atom. The van der Waals surface area contributed by atoms with Crippen LogP contribution in [0.25, 0.3) is 11.3 Å². The van der Waals surface area contributed by atoms with Crippen LogP contribution in [0.3, 0.4) is 0 Å². The predicted octanol–water partition coefficient (Wildman–Crippen LogP) is 3.26. The molecule has 1 aromatic carbocycles. The summed E-state index contributed by atoms with van der Waals surface area (Å²) in [7, 11) is 0. The number of nitrogens with zero attached hydrogens (tertiary/aromatic N) is 3. The van der Waals surface area contributed by atoms with Crippen LogP contribution in [0.1, 0.15) is 43.0 Å². The third-order valence-electron chi connectivity index (χ3n) is 5.01. The summed E-state index contributed by atoms with van der Waals surface area (Å²) in [4.78, 5) is 12.0. The Balaban J connectivity index is 1.77. The van der Waals surface area contributed by atoms with Crippen LogP contribution < -0.4 is 10.6 Å². The Hall–Kier alpha value is -1.94. The van der Waals surface area contributed by atoms with E-state index >= 15 is 0 Å². The van der Waals surface area contributed by atoms with Gasteiger partial charge in [0, 0.05) is 30.6 Å². The fourth-order valence-electron chi connectivity index (χ4n) is 3.34. The number of nitrogens with two attached hydrogens (primary N) is 1. The van der Waals surface area contributed by atoms with Crippen molar-refractivity contribution in [1.82, 2.24) is 9.97 Å². The zero-order chi connectivity index (χ0) is 15.8. The molecule has 0 amide bonds. The lowest BCUT2D eigenvalue weighted by Gasteiger charge is -2.33. The minimum absolute atomic E-state index is 0.333. The lowest BCUT2D eigenvalue weighted by molar-refractivity contribution is 0.501. The largest absolute Gasteiger partial charge is 0.368 e. The first-order chi connectivity index (χ1) is 11.2. The molecule has 0 atom stereocenters. The van der Waals surface area contributed by atoms with Crippen LogP contribution in [0.4, 0.5) is 5.69 Å². The molecule has 1 aliphatic carbocycles. The summed E-state index contributed by atoms with van der Waals surface area (Å²) in [5, 5.41) is 0. The third kappa shape index (κ3) is 2.95. The number of aryl methyl sites for hydroxylation is 1. The minimum atomic E-state index is 0.333. The molecule has 23 heavy (non-hydrogen) atoms. The molecule has 1 aromatic heterocycles. The first kappa shape index (κ1) is 14.6. The normalized spacial score (nSPS) is 19.1. The highest BCUT2D eigenvalue weighted by atomic mass is 15.2. The zero-order valence-electron chi connectivity index (χ0n) is 13.7. The topological polar surface area (TPSA) is 55.0 Å². The second-order valence-electron chi connectivity index (χ2n) is 6.88. The van der Waals surface area contributed by atoms with E-state index in [9.17, 15) is 0 Å². The highest BCUT2D eigenvalue weighted by molar-refractivity contribution is 5.76. The van der Waals surface area contributed by atoms with E-state index in [1.807, 2.05) is 6.20 Å². The Morgan fingerprint density at radius 2 is 1.83 bits per heavy atom. The first-order valence-corrected chi connectivity index (χ1v) is 8.66. The van der Waals surface area contributed by atoms with Gasteiger partial charge in [-0.25, -0.2) is 9.97 Å². The summed E-state index contributed by atoms with van der Waals surface area (Å²) in [6.07, 6.45) is 6.57. The molecular formula is C19H24N4. The lowest BCUT2D eigenvalue weighted by Crippen LogP contribution is -2.40. The van der Waals surface area contributed by atoms with Gasteiger partial charge in [-0.1, -0.05) is 24.3 Å². The van der Waals surface area contributed by atoms with E-state index in [-0.39, 0.29) is 0 Å². The van der Waals surface area contributed by atoms with Gasteiger partial charge in [-0.2, -0.15) is 0 Å². The van der Waals surface area contributed by atoms with Crippen LogP contribution in [0.5, 0.6) is 0 Å². The Bertz CT molecular complexity index is 700. The molecule has 2 aliphatic rings. The molecule has 2 heterocycles. The standard InChI is InChI=1S/C19H24N4/c1-13-4-2-3-5-16(13)18-17(23-10-8-15(20)9-11-23)12-21-19(22-18)14-6-7-14/h2-5,12,14-15H,6-11,20H2,1H3. The Morgan fingerprint density at radius 1 is 1.09 bits per heavy atom. The molecule has 1 aliphatic heterocycles. The van der Waals surface area contributed by atoms with Crippen LogP contribution >= 0.6 is 0 Å². The molecular weight excluding hydrogens is 284 g/mol. The number of hydrogen-bond acceptors (Lipinski definition) is 4. The van der Waals surface area contributed by atoms with Gasteiger partial charge in [-0.15, -0.1) is 0 Å². The highest BCUT2D eigenvalue weighted by Crippen LogP contribution is 2.40.